The Bertz CT molecular complexity index is 2020. The molecule has 0 radical (unpaired) electrons. The van der Waals surface area contributed by atoms with Gasteiger partial charge in [0, 0.05) is 29.6 Å². The standard InChI is InChI=1S/C36H29NO8S/c1-24-9-19-31(20-10-24)46(41,42)45-30-15-11-26(12-16-30)33(38)23-43-36(40)27-21-35(39)37(22-27)28-13-17-29(18-14-28)44-34-8-4-6-25-5-2-3-7-32(25)34/h2-20,27H,21-23H2,1H3/t27-/m1/s1. The van der Waals surface area contributed by atoms with E-state index in [1.54, 1.807) is 36.4 Å². The summed E-state index contributed by atoms with van der Waals surface area (Å²) in [4.78, 5) is 39.7. The molecule has 1 aliphatic rings. The van der Waals surface area contributed by atoms with Crippen molar-refractivity contribution in [3.05, 3.63) is 126 Å². The maximum atomic E-state index is 12.8. The summed E-state index contributed by atoms with van der Waals surface area (Å²) in [5.41, 5.74) is 1.74. The molecule has 10 heteroatoms. The van der Waals surface area contributed by atoms with Crippen LogP contribution in [0.3, 0.4) is 0 Å². The van der Waals surface area contributed by atoms with E-state index in [0.717, 1.165) is 22.1 Å². The zero-order valence-corrected chi connectivity index (χ0v) is 25.6. The third kappa shape index (κ3) is 6.77. The number of benzene rings is 5. The van der Waals surface area contributed by atoms with Gasteiger partial charge in [-0.15, -0.1) is 0 Å². The highest BCUT2D eigenvalue weighted by molar-refractivity contribution is 7.87. The van der Waals surface area contributed by atoms with Gasteiger partial charge in [-0.3, -0.25) is 14.4 Å². The van der Waals surface area contributed by atoms with Crippen LogP contribution in [0.15, 0.2) is 120 Å². The predicted molar refractivity (Wildman–Crippen MR) is 172 cm³/mol. The first-order valence-corrected chi connectivity index (χ1v) is 15.9. The highest BCUT2D eigenvalue weighted by atomic mass is 32.2. The Kier molecular flexibility index (Phi) is 8.54. The molecule has 1 fully saturated rings. The zero-order valence-electron chi connectivity index (χ0n) is 24.8. The van der Waals surface area contributed by atoms with E-state index in [4.69, 9.17) is 13.7 Å². The van der Waals surface area contributed by atoms with E-state index < -0.39 is 34.4 Å². The first-order valence-electron chi connectivity index (χ1n) is 14.5. The van der Waals surface area contributed by atoms with Gasteiger partial charge in [0.15, 0.2) is 12.4 Å². The van der Waals surface area contributed by atoms with Gasteiger partial charge in [-0.1, -0.05) is 54.1 Å². The SMILES string of the molecule is Cc1ccc(S(=O)(=O)Oc2ccc(C(=O)COC(=O)[C@@H]3CC(=O)N(c4ccc(Oc5cccc6ccccc56)cc4)C3)cc2)cc1. The van der Waals surface area contributed by atoms with Crippen molar-refractivity contribution in [3.8, 4) is 17.2 Å². The number of esters is 1. The van der Waals surface area contributed by atoms with E-state index >= 15 is 0 Å². The average Bonchev–Trinajstić information content (AvgIpc) is 3.46. The van der Waals surface area contributed by atoms with Crippen LogP contribution in [0.2, 0.25) is 0 Å². The van der Waals surface area contributed by atoms with Crippen LogP contribution < -0.4 is 13.8 Å². The molecule has 46 heavy (non-hydrogen) atoms. The number of hydrogen-bond donors (Lipinski definition) is 0. The molecule has 232 valence electrons. The van der Waals surface area contributed by atoms with Crippen molar-refractivity contribution < 1.29 is 36.5 Å². The van der Waals surface area contributed by atoms with Gasteiger partial charge in [-0.05, 0) is 79.0 Å². The second-order valence-corrected chi connectivity index (χ2v) is 12.4. The van der Waals surface area contributed by atoms with E-state index in [1.807, 2.05) is 49.4 Å². The fourth-order valence-electron chi connectivity index (χ4n) is 5.13. The fourth-order valence-corrected chi connectivity index (χ4v) is 6.06. The van der Waals surface area contributed by atoms with Gasteiger partial charge in [0.25, 0.3) is 0 Å². The van der Waals surface area contributed by atoms with E-state index in [-0.39, 0.29) is 35.1 Å². The van der Waals surface area contributed by atoms with Crippen molar-refractivity contribution in [2.45, 2.75) is 18.2 Å². The minimum Gasteiger partial charge on any atom is -0.457 e. The number of hydrogen-bond acceptors (Lipinski definition) is 8. The molecule has 9 nitrogen and oxygen atoms in total. The Morgan fingerprint density at radius 3 is 2.22 bits per heavy atom. The molecule has 0 bridgehead atoms. The number of fused-ring (bicyclic) bond motifs is 1. The summed E-state index contributed by atoms with van der Waals surface area (Å²) < 4.78 is 41.5. The first kappa shape index (κ1) is 30.5. The molecule has 1 heterocycles. The third-order valence-electron chi connectivity index (χ3n) is 7.62. The first-order chi connectivity index (χ1) is 22.2. The Morgan fingerprint density at radius 1 is 0.804 bits per heavy atom. The highest BCUT2D eigenvalue weighted by Crippen LogP contribution is 2.32. The lowest BCUT2D eigenvalue weighted by molar-refractivity contribution is -0.147. The van der Waals surface area contributed by atoms with Crippen LogP contribution in [0, 0.1) is 12.8 Å². The maximum absolute atomic E-state index is 12.8. The number of ketones is 1. The number of carbonyl (C=O) groups excluding carboxylic acids is 3. The van der Waals surface area contributed by atoms with Crippen LogP contribution in [0.5, 0.6) is 17.2 Å². The molecule has 5 aromatic rings. The summed E-state index contributed by atoms with van der Waals surface area (Å²) >= 11 is 0. The van der Waals surface area contributed by atoms with Gasteiger partial charge in [0.1, 0.15) is 22.1 Å². The van der Waals surface area contributed by atoms with Crippen molar-refractivity contribution in [1.29, 1.82) is 0 Å². The van der Waals surface area contributed by atoms with Crippen LogP contribution in [-0.4, -0.2) is 39.2 Å². The van der Waals surface area contributed by atoms with Gasteiger partial charge in [-0.2, -0.15) is 8.42 Å². The van der Waals surface area contributed by atoms with Gasteiger partial charge in [0.2, 0.25) is 5.91 Å². The van der Waals surface area contributed by atoms with Crippen LogP contribution in [0.1, 0.15) is 22.3 Å². The number of anilines is 1. The van der Waals surface area contributed by atoms with E-state index in [9.17, 15) is 22.8 Å². The number of amides is 1. The van der Waals surface area contributed by atoms with Crippen molar-refractivity contribution in [1.82, 2.24) is 0 Å². The van der Waals surface area contributed by atoms with Crippen molar-refractivity contribution in [3.63, 3.8) is 0 Å². The molecule has 1 amide bonds. The van der Waals surface area contributed by atoms with Crippen LogP contribution in [0.25, 0.3) is 10.8 Å². The van der Waals surface area contributed by atoms with E-state index in [0.29, 0.717) is 11.4 Å². The summed E-state index contributed by atoms with van der Waals surface area (Å²) in [6.07, 6.45) is -0.0389. The molecule has 6 rings (SSSR count). The second-order valence-electron chi connectivity index (χ2n) is 10.9. The van der Waals surface area contributed by atoms with Crippen LogP contribution >= 0.6 is 0 Å². The van der Waals surface area contributed by atoms with Gasteiger partial charge < -0.3 is 18.6 Å². The Balaban J connectivity index is 1.01. The number of rotatable bonds is 10. The lowest BCUT2D eigenvalue weighted by atomic mass is 10.1. The minimum absolute atomic E-state index is 0.0112. The molecule has 0 aliphatic carbocycles. The Morgan fingerprint density at radius 2 is 1.48 bits per heavy atom. The minimum atomic E-state index is -4.04. The number of nitrogens with zero attached hydrogens (tertiary/aromatic N) is 1. The van der Waals surface area contributed by atoms with Crippen molar-refractivity contribution >= 4 is 44.2 Å². The van der Waals surface area contributed by atoms with Crippen LogP contribution in [-0.2, 0) is 24.4 Å². The molecular formula is C36H29NO8S. The largest absolute Gasteiger partial charge is 0.457 e. The van der Waals surface area contributed by atoms with E-state index in [2.05, 4.69) is 0 Å². The molecule has 0 unspecified atom stereocenters. The second kappa shape index (κ2) is 12.9. The van der Waals surface area contributed by atoms with Crippen molar-refractivity contribution in [2.24, 2.45) is 5.92 Å². The maximum Gasteiger partial charge on any atom is 0.339 e. The lowest BCUT2D eigenvalue weighted by Gasteiger charge is -2.17. The average molecular weight is 636 g/mol. The summed E-state index contributed by atoms with van der Waals surface area (Å²) in [5.74, 6) is -0.730. The molecule has 5 aromatic carbocycles. The molecule has 1 saturated heterocycles. The van der Waals surface area contributed by atoms with Crippen LogP contribution in [0.4, 0.5) is 5.69 Å². The summed E-state index contributed by atoms with van der Waals surface area (Å²) in [6, 6.07) is 32.5. The molecule has 0 N–H and O–H groups in total. The lowest BCUT2D eigenvalue weighted by Crippen LogP contribution is -2.27. The van der Waals surface area contributed by atoms with Crippen molar-refractivity contribution in [2.75, 3.05) is 18.1 Å². The summed E-state index contributed by atoms with van der Waals surface area (Å²) in [6.45, 7) is 1.44. The Hall–Kier alpha value is -5.48. The zero-order chi connectivity index (χ0) is 32.3. The normalized spacial score (nSPS) is 14.7. The van der Waals surface area contributed by atoms with Gasteiger partial charge in [0.05, 0.1) is 5.92 Å². The Labute approximate surface area is 266 Å². The molecule has 0 aromatic heterocycles. The quantitative estimate of drug-likeness (QED) is 0.0972. The topological polar surface area (TPSA) is 116 Å². The van der Waals surface area contributed by atoms with Gasteiger partial charge >= 0.3 is 16.1 Å². The molecule has 0 spiro atoms. The number of Topliss-reactive ketones (excluding diaryl/α,β-unsaturated/α-hetero) is 1. The number of carbonyl (C=O) groups is 3. The third-order valence-corrected chi connectivity index (χ3v) is 8.88. The number of ether oxygens (including phenoxy) is 2. The molecule has 0 saturated carbocycles. The fraction of sp³-hybridized carbons (Fsp3) is 0.139. The summed E-state index contributed by atoms with van der Waals surface area (Å²) in [5, 5.41) is 2.05. The number of aryl methyl sites for hydroxylation is 1. The molecule has 1 aliphatic heterocycles. The molecule has 1 atom stereocenters. The van der Waals surface area contributed by atoms with E-state index in [1.165, 1.54) is 41.3 Å². The molecular weight excluding hydrogens is 606 g/mol. The monoisotopic (exact) mass is 635 g/mol. The summed E-state index contributed by atoms with van der Waals surface area (Å²) in [7, 11) is -4.04. The smallest absolute Gasteiger partial charge is 0.339 e. The highest BCUT2D eigenvalue weighted by Gasteiger charge is 2.36. The van der Waals surface area contributed by atoms with Gasteiger partial charge in [-0.25, -0.2) is 0 Å². The predicted octanol–water partition coefficient (Wildman–Crippen LogP) is 6.49.